The molecule has 218 valence electrons. The molecule has 0 aliphatic carbocycles. The van der Waals surface area contributed by atoms with Gasteiger partial charge in [-0.05, 0) is 57.6 Å². The zero-order valence-electron chi connectivity index (χ0n) is 24.5. The van der Waals surface area contributed by atoms with Gasteiger partial charge in [0.1, 0.15) is 30.0 Å². The SMILES string of the molecule is CN[C@@H](C)C(=O)N[C@H](C(=O)N1CCCC1C(=O)Nc1cc2c(N3CCCCC3)ncnc2cc1OC)C(C)(C)C. The van der Waals surface area contributed by atoms with Crippen LogP contribution in [-0.4, -0.2) is 84.5 Å². The molecule has 3 atom stereocenters. The number of nitrogens with zero attached hydrogens (tertiary/aromatic N) is 4. The van der Waals surface area contributed by atoms with Gasteiger partial charge in [0, 0.05) is 31.1 Å². The lowest BCUT2D eigenvalue weighted by Gasteiger charge is -2.36. The van der Waals surface area contributed by atoms with Gasteiger partial charge in [-0.2, -0.15) is 0 Å². The van der Waals surface area contributed by atoms with Crippen molar-refractivity contribution in [1.82, 2.24) is 25.5 Å². The largest absolute Gasteiger partial charge is 0.494 e. The number of fused-ring (bicyclic) bond motifs is 1. The van der Waals surface area contributed by atoms with E-state index in [-0.39, 0.29) is 17.7 Å². The quantitative estimate of drug-likeness (QED) is 0.455. The van der Waals surface area contributed by atoms with Crippen molar-refractivity contribution in [2.75, 3.05) is 44.0 Å². The average molecular weight is 554 g/mol. The number of hydrogen-bond acceptors (Lipinski definition) is 8. The number of anilines is 2. The highest BCUT2D eigenvalue weighted by atomic mass is 16.5. The first-order valence-electron chi connectivity index (χ1n) is 14.2. The van der Waals surface area contributed by atoms with Crippen molar-refractivity contribution >= 4 is 40.1 Å². The van der Waals surface area contributed by atoms with E-state index in [1.807, 2.05) is 32.9 Å². The fourth-order valence-corrected chi connectivity index (χ4v) is 5.43. The lowest BCUT2D eigenvalue weighted by molar-refractivity contribution is -0.143. The highest BCUT2D eigenvalue weighted by molar-refractivity contribution is 6.03. The Kier molecular flexibility index (Phi) is 9.12. The standard InChI is InChI=1S/C29H43N7O4/c1-18(30-5)26(37)34-24(29(2,3)4)28(39)36-14-10-11-22(36)27(38)33-21-15-19-20(16-23(21)40-6)31-17-32-25(19)35-12-8-7-9-13-35/h15-18,22,24,30H,7-14H2,1-6H3,(H,33,38)(H,34,37)/t18-,22?,24+/m0/s1. The number of piperidine rings is 1. The molecule has 0 saturated carbocycles. The van der Waals surface area contributed by atoms with Crippen LogP contribution in [0.2, 0.25) is 0 Å². The van der Waals surface area contributed by atoms with Crippen LogP contribution >= 0.6 is 0 Å². The number of ether oxygens (including phenoxy) is 1. The van der Waals surface area contributed by atoms with E-state index in [2.05, 4.69) is 30.8 Å². The van der Waals surface area contributed by atoms with Crippen LogP contribution in [0.4, 0.5) is 11.5 Å². The molecule has 3 N–H and O–H groups in total. The predicted octanol–water partition coefficient (Wildman–Crippen LogP) is 2.70. The van der Waals surface area contributed by atoms with Gasteiger partial charge in [0.05, 0.1) is 24.4 Å². The number of hydrogen-bond donors (Lipinski definition) is 3. The van der Waals surface area contributed by atoms with E-state index in [1.54, 1.807) is 32.3 Å². The molecular weight excluding hydrogens is 510 g/mol. The fraction of sp³-hybridized carbons (Fsp3) is 0.621. The third kappa shape index (κ3) is 6.29. The monoisotopic (exact) mass is 553 g/mol. The van der Waals surface area contributed by atoms with E-state index in [0.717, 1.165) is 42.7 Å². The van der Waals surface area contributed by atoms with Crippen molar-refractivity contribution in [2.24, 2.45) is 5.41 Å². The Morgan fingerprint density at radius 1 is 1.05 bits per heavy atom. The molecule has 1 unspecified atom stereocenters. The molecule has 1 aromatic carbocycles. The van der Waals surface area contributed by atoms with E-state index < -0.39 is 23.5 Å². The van der Waals surface area contributed by atoms with Crippen LogP contribution in [0.15, 0.2) is 18.5 Å². The first-order chi connectivity index (χ1) is 19.0. The van der Waals surface area contributed by atoms with E-state index in [4.69, 9.17) is 4.74 Å². The normalized spacial score (nSPS) is 19.3. The number of aromatic nitrogens is 2. The number of carbonyl (C=O) groups is 3. The summed E-state index contributed by atoms with van der Waals surface area (Å²) in [5, 5.41) is 9.68. The molecule has 2 aliphatic rings. The molecule has 2 fully saturated rings. The fourth-order valence-electron chi connectivity index (χ4n) is 5.43. The minimum Gasteiger partial charge on any atom is -0.494 e. The number of rotatable bonds is 8. The number of benzene rings is 1. The molecule has 11 nitrogen and oxygen atoms in total. The Labute approximate surface area is 236 Å². The Morgan fingerprint density at radius 3 is 2.42 bits per heavy atom. The lowest BCUT2D eigenvalue weighted by atomic mass is 9.85. The number of carbonyl (C=O) groups excluding carboxylic acids is 3. The third-order valence-corrected chi connectivity index (χ3v) is 7.91. The summed E-state index contributed by atoms with van der Waals surface area (Å²) in [6.45, 7) is 9.77. The summed E-state index contributed by atoms with van der Waals surface area (Å²) < 4.78 is 5.61. The Hall–Kier alpha value is -3.47. The summed E-state index contributed by atoms with van der Waals surface area (Å²) in [6.07, 6.45) is 6.23. The molecule has 4 rings (SSSR count). The zero-order valence-corrected chi connectivity index (χ0v) is 24.5. The van der Waals surface area contributed by atoms with Gasteiger partial charge < -0.3 is 30.5 Å². The molecule has 0 spiro atoms. The molecule has 2 aliphatic heterocycles. The van der Waals surface area contributed by atoms with Gasteiger partial charge in [-0.25, -0.2) is 9.97 Å². The second-order valence-electron chi connectivity index (χ2n) is 11.8. The highest BCUT2D eigenvalue weighted by Gasteiger charge is 2.42. The Morgan fingerprint density at radius 2 is 1.77 bits per heavy atom. The number of likely N-dealkylation sites (N-methyl/N-ethyl adjacent to an activating group) is 1. The van der Waals surface area contributed by atoms with Crippen molar-refractivity contribution in [3.63, 3.8) is 0 Å². The van der Waals surface area contributed by atoms with Crippen LogP contribution in [-0.2, 0) is 14.4 Å². The van der Waals surface area contributed by atoms with Crippen molar-refractivity contribution in [3.8, 4) is 5.75 Å². The van der Waals surface area contributed by atoms with Crippen molar-refractivity contribution in [2.45, 2.75) is 77.9 Å². The summed E-state index contributed by atoms with van der Waals surface area (Å²) in [7, 11) is 3.25. The third-order valence-electron chi connectivity index (χ3n) is 7.91. The molecule has 1 aromatic heterocycles. The number of nitrogens with one attached hydrogen (secondary N) is 3. The molecule has 2 saturated heterocycles. The molecule has 0 bridgehead atoms. The van der Waals surface area contributed by atoms with E-state index in [9.17, 15) is 14.4 Å². The van der Waals surface area contributed by atoms with Gasteiger partial charge in [0.25, 0.3) is 0 Å². The van der Waals surface area contributed by atoms with Crippen LogP contribution in [0, 0.1) is 5.41 Å². The van der Waals surface area contributed by atoms with Crippen LogP contribution in [0.5, 0.6) is 5.75 Å². The smallest absolute Gasteiger partial charge is 0.247 e. The predicted molar refractivity (Wildman–Crippen MR) is 155 cm³/mol. The molecule has 2 aromatic rings. The summed E-state index contributed by atoms with van der Waals surface area (Å²) in [4.78, 5) is 53.0. The summed E-state index contributed by atoms with van der Waals surface area (Å²) in [6, 6.07) is 1.79. The van der Waals surface area contributed by atoms with Gasteiger partial charge in [-0.3, -0.25) is 14.4 Å². The van der Waals surface area contributed by atoms with Gasteiger partial charge in [-0.15, -0.1) is 0 Å². The second-order valence-corrected chi connectivity index (χ2v) is 11.8. The minimum absolute atomic E-state index is 0.256. The maximum atomic E-state index is 13.8. The van der Waals surface area contributed by atoms with Crippen LogP contribution in [0.1, 0.15) is 59.8 Å². The maximum absolute atomic E-state index is 13.8. The summed E-state index contributed by atoms with van der Waals surface area (Å²) in [5.74, 6) is 0.528. The first kappa shape index (κ1) is 29.5. The topological polar surface area (TPSA) is 129 Å². The summed E-state index contributed by atoms with van der Waals surface area (Å²) in [5.41, 5.74) is 0.703. The molecular formula is C29H43N7O4. The van der Waals surface area contributed by atoms with Crippen molar-refractivity contribution < 1.29 is 19.1 Å². The number of likely N-dealkylation sites (tertiary alicyclic amines) is 1. The molecule has 3 amide bonds. The lowest BCUT2D eigenvalue weighted by Crippen LogP contribution is -2.59. The van der Waals surface area contributed by atoms with Crippen LogP contribution in [0.3, 0.4) is 0 Å². The van der Waals surface area contributed by atoms with Crippen molar-refractivity contribution in [1.29, 1.82) is 0 Å². The molecule has 0 radical (unpaired) electrons. The van der Waals surface area contributed by atoms with Gasteiger partial charge >= 0.3 is 0 Å². The highest BCUT2D eigenvalue weighted by Crippen LogP contribution is 2.35. The second kappa shape index (κ2) is 12.4. The summed E-state index contributed by atoms with van der Waals surface area (Å²) >= 11 is 0. The zero-order chi connectivity index (χ0) is 29.0. The first-order valence-corrected chi connectivity index (χ1v) is 14.2. The Balaban J connectivity index is 1.59. The minimum atomic E-state index is -0.774. The van der Waals surface area contributed by atoms with E-state index in [1.165, 1.54) is 6.42 Å². The molecule has 11 heteroatoms. The van der Waals surface area contributed by atoms with E-state index >= 15 is 0 Å². The Bertz CT molecular complexity index is 1240. The van der Waals surface area contributed by atoms with E-state index in [0.29, 0.717) is 30.8 Å². The molecule has 40 heavy (non-hydrogen) atoms. The van der Waals surface area contributed by atoms with Gasteiger partial charge in [0.15, 0.2) is 0 Å². The van der Waals surface area contributed by atoms with Crippen LogP contribution in [0.25, 0.3) is 10.9 Å². The van der Waals surface area contributed by atoms with Crippen molar-refractivity contribution in [3.05, 3.63) is 18.5 Å². The van der Waals surface area contributed by atoms with Gasteiger partial charge in [-0.1, -0.05) is 20.8 Å². The number of amides is 3. The molecule has 3 heterocycles. The maximum Gasteiger partial charge on any atom is 0.247 e. The van der Waals surface area contributed by atoms with Crippen LogP contribution < -0.4 is 25.6 Å². The van der Waals surface area contributed by atoms with Gasteiger partial charge in [0.2, 0.25) is 17.7 Å². The average Bonchev–Trinajstić information content (AvgIpc) is 3.44. The number of methoxy groups -OCH3 is 1.